The maximum atomic E-state index is 12.8. The summed E-state index contributed by atoms with van der Waals surface area (Å²) in [5.41, 5.74) is 1.10. The molecule has 0 spiro atoms. The number of aryl methyl sites for hydroxylation is 1. The van der Waals surface area contributed by atoms with Crippen LogP contribution in [0.5, 0.6) is 0 Å². The SMILES string of the molecule is C=CCN(CC=C)S(=O)(=O)c1c(CNC2CC2)n[nH]c1C. The van der Waals surface area contributed by atoms with Gasteiger partial charge < -0.3 is 5.32 Å². The predicted molar refractivity (Wildman–Crippen MR) is 82.3 cm³/mol. The Labute approximate surface area is 126 Å². The van der Waals surface area contributed by atoms with Crippen LogP contribution in [0.3, 0.4) is 0 Å². The van der Waals surface area contributed by atoms with E-state index >= 15 is 0 Å². The van der Waals surface area contributed by atoms with E-state index in [2.05, 4.69) is 28.7 Å². The number of aromatic nitrogens is 2. The van der Waals surface area contributed by atoms with Crippen molar-refractivity contribution >= 4 is 10.0 Å². The third kappa shape index (κ3) is 3.61. The zero-order valence-electron chi connectivity index (χ0n) is 12.3. The van der Waals surface area contributed by atoms with Crippen LogP contribution in [0.25, 0.3) is 0 Å². The lowest BCUT2D eigenvalue weighted by atomic mass is 10.3. The van der Waals surface area contributed by atoms with Gasteiger partial charge in [0, 0.05) is 25.7 Å². The van der Waals surface area contributed by atoms with Gasteiger partial charge in [0.2, 0.25) is 10.0 Å². The average Bonchev–Trinajstić information content (AvgIpc) is 3.18. The summed E-state index contributed by atoms with van der Waals surface area (Å²) < 4.78 is 27.0. The van der Waals surface area contributed by atoms with Crippen molar-refractivity contribution in [3.63, 3.8) is 0 Å². The molecule has 1 aliphatic rings. The molecule has 2 N–H and O–H groups in total. The number of hydrogen-bond donors (Lipinski definition) is 2. The van der Waals surface area contributed by atoms with Crippen molar-refractivity contribution in [2.45, 2.75) is 37.2 Å². The minimum atomic E-state index is -3.61. The highest BCUT2D eigenvalue weighted by Gasteiger charge is 2.30. The van der Waals surface area contributed by atoms with Crippen molar-refractivity contribution in [1.82, 2.24) is 19.8 Å². The molecule has 7 heteroatoms. The molecule has 21 heavy (non-hydrogen) atoms. The van der Waals surface area contributed by atoms with Crippen molar-refractivity contribution in [2.75, 3.05) is 13.1 Å². The fraction of sp³-hybridized carbons (Fsp3) is 0.500. The molecule has 0 atom stereocenters. The molecule has 0 unspecified atom stereocenters. The molecule has 0 bridgehead atoms. The molecule has 0 aliphatic heterocycles. The van der Waals surface area contributed by atoms with E-state index in [4.69, 9.17) is 0 Å². The Bertz CT molecular complexity index is 607. The molecule has 6 nitrogen and oxygen atoms in total. The van der Waals surface area contributed by atoms with E-state index in [0.717, 1.165) is 12.8 Å². The van der Waals surface area contributed by atoms with Gasteiger partial charge >= 0.3 is 0 Å². The molecule has 0 saturated heterocycles. The van der Waals surface area contributed by atoms with Gasteiger partial charge in [-0.15, -0.1) is 13.2 Å². The van der Waals surface area contributed by atoms with Gasteiger partial charge in [-0.05, 0) is 19.8 Å². The molecule has 1 aromatic heterocycles. The first-order chi connectivity index (χ1) is 10.0. The Morgan fingerprint density at radius 1 is 1.38 bits per heavy atom. The van der Waals surface area contributed by atoms with E-state index in [1.165, 1.54) is 4.31 Å². The van der Waals surface area contributed by atoms with Crippen LogP contribution in [0.1, 0.15) is 24.2 Å². The van der Waals surface area contributed by atoms with Crippen LogP contribution in [0.2, 0.25) is 0 Å². The van der Waals surface area contributed by atoms with E-state index < -0.39 is 10.0 Å². The molecule has 1 heterocycles. The third-order valence-electron chi connectivity index (χ3n) is 3.36. The van der Waals surface area contributed by atoms with Crippen LogP contribution in [0.15, 0.2) is 30.2 Å². The summed E-state index contributed by atoms with van der Waals surface area (Å²) in [6, 6.07) is 0.495. The second-order valence-electron chi connectivity index (χ2n) is 5.18. The normalized spacial score (nSPS) is 15.3. The van der Waals surface area contributed by atoms with Crippen LogP contribution < -0.4 is 5.32 Å². The van der Waals surface area contributed by atoms with Crippen LogP contribution in [-0.4, -0.2) is 42.1 Å². The molecular formula is C14H22N4O2S. The lowest BCUT2D eigenvalue weighted by molar-refractivity contribution is 0.472. The lowest BCUT2D eigenvalue weighted by Gasteiger charge is -2.19. The average molecular weight is 310 g/mol. The minimum absolute atomic E-state index is 0.245. The Balaban J connectivity index is 2.29. The maximum Gasteiger partial charge on any atom is 0.247 e. The molecule has 1 fully saturated rings. The summed E-state index contributed by atoms with van der Waals surface area (Å²) in [6.45, 7) is 9.90. The van der Waals surface area contributed by atoms with Gasteiger partial charge in [-0.3, -0.25) is 5.10 Å². The zero-order valence-corrected chi connectivity index (χ0v) is 13.1. The second kappa shape index (κ2) is 6.55. The monoisotopic (exact) mass is 310 g/mol. The summed E-state index contributed by atoms with van der Waals surface area (Å²) in [6.07, 6.45) is 5.42. The minimum Gasteiger partial charge on any atom is -0.308 e. The summed E-state index contributed by atoms with van der Waals surface area (Å²) in [5.74, 6) is 0. The molecule has 1 aliphatic carbocycles. The summed E-state index contributed by atoms with van der Waals surface area (Å²) >= 11 is 0. The Hall–Kier alpha value is -1.44. The smallest absolute Gasteiger partial charge is 0.247 e. The van der Waals surface area contributed by atoms with E-state index in [1.807, 2.05) is 0 Å². The summed E-state index contributed by atoms with van der Waals surface area (Å²) in [7, 11) is -3.61. The quantitative estimate of drug-likeness (QED) is 0.675. The Morgan fingerprint density at radius 3 is 2.52 bits per heavy atom. The van der Waals surface area contributed by atoms with Gasteiger partial charge in [0.1, 0.15) is 4.90 Å². The van der Waals surface area contributed by atoms with Gasteiger partial charge in [-0.2, -0.15) is 9.40 Å². The number of aromatic amines is 1. The van der Waals surface area contributed by atoms with Gasteiger partial charge in [0.05, 0.1) is 11.4 Å². The first-order valence-electron chi connectivity index (χ1n) is 6.99. The second-order valence-corrected chi connectivity index (χ2v) is 7.05. The van der Waals surface area contributed by atoms with Crippen molar-refractivity contribution in [3.05, 3.63) is 36.7 Å². The molecule has 0 radical (unpaired) electrons. The molecule has 0 amide bonds. The van der Waals surface area contributed by atoms with Crippen LogP contribution >= 0.6 is 0 Å². The molecule has 1 aromatic rings. The van der Waals surface area contributed by atoms with Gasteiger partial charge in [-0.1, -0.05) is 12.2 Å². The summed E-state index contributed by atoms with van der Waals surface area (Å²) in [4.78, 5) is 0.263. The van der Waals surface area contributed by atoms with Crippen LogP contribution in [0, 0.1) is 6.92 Å². The number of hydrogen-bond acceptors (Lipinski definition) is 4. The van der Waals surface area contributed by atoms with Crippen molar-refractivity contribution in [3.8, 4) is 0 Å². The molecule has 116 valence electrons. The maximum absolute atomic E-state index is 12.8. The highest BCUT2D eigenvalue weighted by Crippen LogP contribution is 2.24. The lowest BCUT2D eigenvalue weighted by Crippen LogP contribution is -2.32. The van der Waals surface area contributed by atoms with E-state index in [-0.39, 0.29) is 18.0 Å². The van der Waals surface area contributed by atoms with Crippen LogP contribution in [-0.2, 0) is 16.6 Å². The number of nitrogens with one attached hydrogen (secondary N) is 2. The summed E-state index contributed by atoms with van der Waals surface area (Å²) in [5, 5.41) is 10.2. The van der Waals surface area contributed by atoms with Gasteiger partial charge in [0.25, 0.3) is 0 Å². The fourth-order valence-electron chi connectivity index (χ4n) is 2.15. The standard InChI is InChI=1S/C14H22N4O2S/c1-4-8-18(9-5-2)21(19,20)14-11(3)16-17-13(14)10-15-12-6-7-12/h4-5,12,15H,1-2,6-10H2,3H3,(H,16,17). The van der Waals surface area contributed by atoms with Gasteiger partial charge in [-0.25, -0.2) is 8.42 Å². The fourth-order valence-corrected chi connectivity index (χ4v) is 3.86. The molecule has 1 saturated carbocycles. The van der Waals surface area contributed by atoms with E-state index in [0.29, 0.717) is 24.0 Å². The van der Waals surface area contributed by atoms with Crippen molar-refractivity contribution in [2.24, 2.45) is 0 Å². The van der Waals surface area contributed by atoms with E-state index in [1.54, 1.807) is 19.1 Å². The number of nitrogens with zero attached hydrogens (tertiary/aromatic N) is 2. The molecule has 2 rings (SSSR count). The highest BCUT2D eigenvalue weighted by molar-refractivity contribution is 7.89. The number of rotatable bonds is 9. The topological polar surface area (TPSA) is 78.1 Å². The first-order valence-corrected chi connectivity index (χ1v) is 8.44. The molecular weight excluding hydrogens is 288 g/mol. The van der Waals surface area contributed by atoms with E-state index in [9.17, 15) is 8.42 Å². The van der Waals surface area contributed by atoms with Crippen molar-refractivity contribution < 1.29 is 8.42 Å². The van der Waals surface area contributed by atoms with Crippen LogP contribution in [0.4, 0.5) is 0 Å². The van der Waals surface area contributed by atoms with Gasteiger partial charge in [0.15, 0.2) is 0 Å². The Kier molecular flexibility index (Phi) is 4.97. The number of H-pyrrole nitrogens is 1. The Morgan fingerprint density at radius 2 is 2.00 bits per heavy atom. The third-order valence-corrected chi connectivity index (χ3v) is 5.40. The number of sulfonamides is 1. The van der Waals surface area contributed by atoms with Crippen molar-refractivity contribution in [1.29, 1.82) is 0 Å². The largest absolute Gasteiger partial charge is 0.308 e. The first kappa shape index (κ1) is 15.9. The highest BCUT2D eigenvalue weighted by atomic mass is 32.2. The zero-order chi connectivity index (χ0) is 15.5. The molecule has 0 aromatic carbocycles. The predicted octanol–water partition coefficient (Wildman–Crippen LogP) is 1.33.